The molecule has 0 spiro atoms. The predicted octanol–water partition coefficient (Wildman–Crippen LogP) is 19.0. The van der Waals surface area contributed by atoms with E-state index >= 15 is 0 Å². The van der Waals surface area contributed by atoms with Crippen LogP contribution in [0, 0.1) is 0 Å². The van der Waals surface area contributed by atoms with Crippen LogP contribution in [0.3, 0.4) is 0 Å². The van der Waals surface area contributed by atoms with Gasteiger partial charge in [0.05, 0.1) is 25.4 Å². The van der Waals surface area contributed by atoms with E-state index in [-0.39, 0.29) is 12.5 Å². The molecule has 9 nitrogen and oxygen atoms in total. The van der Waals surface area contributed by atoms with Crippen LogP contribution in [0.2, 0.25) is 0 Å². The van der Waals surface area contributed by atoms with Crippen molar-refractivity contribution in [3.8, 4) is 0 Å². The molecule has 1 fully saturated rings. The van der Waals surface area contributed by atoms with Crippen LogP contribution in [0.15, 0.2) is 36.5 Å². The van der Waals surface area contributed by atoms with Gasteiger partial charge in [0.15, 0.2) is 6.29 Å². The number of carbonyl (C=O) groups is 1. The van der Waals surface area contributed by atoms with Crippen molar-refractivity contribution in [3.63, 3.8) is 0 Å². The Balaban J connectivity index is 2.13. The molecule has 1 aliphatic heterocycles. The van der Waals surface area contributed by atoms with Crippen LogP contribution in [-0.4, -0.2) is 87.5 Å². The smallest absolute Gasteiger partial charge is 0.220 e. The number of hydrogen-bond donors (Lipinski definition) is 6. The van der Waals surface area contributed by atoms with Crippen molar-refractivity contribution in [3.05, 3.63) is 36.5 Å². The van der Waals surface area contributed by atoms with Crippen LogP contribution < -0.4 is 5.32 Å². The third-order valence-electron chi connectivity index (χ3n) is 16.9. The van der Waals surface area contributed by atoms with Crippen LogP contribution in [0.4, 0.5) is 0 Å². The van der Waals surface area contributed by atoms with Gasteiger partial charge in [-0.15, -0.1) is 0 Å². The minimum atomic E-state index is -1.57. The Labute approximate surface area is 495 Å². The number of nitrogens with one attached hydrogen (secondary N) is 1. The fraction of sp³-hybridized carbons (Fsp3) is 0.901. The Morgan fingerprint density at radius 2 is 0.713 bits per heavy atom. The van der Waals surface area contributed by atoms with Gasteiger partial charge < -0.3 is 40.3 Å². The zero-order valence-electron chi connectivity index (χ0n) is 52.9. The highest BCUT2D eigenvalue weighted by atomic mass is 16.7. The fourth-order valence-electron chi connectivity index (χ4n) is 11.4. The fourth-order valence-corrected chi connectivity index (χ4v) is 11.4. The van der Waals surface area contributed by atoms with Crippen molar-refractivity contribution in [2.75, 3.05) is 13.2 Å². The first kappa shape index (κ1) is 76.4. The zero-order valence-corrected chi connectivity index (χ0v) is 52.9. The summed E-state index contributed by atoms with van der Waals surface area (Å²) in [4.78, 5) is 13.1. The van der Waals surface area contributed by atoms with E-state index in [9.17, 15) is 30.3 Å². The van der Waals surface area contributed by atoms with Crippen LogP contribution in [-0.2, 0) is 14.3 Å². The number of ether oxygens (including phenoxy) is 2. The van der Waals surface area contributed by atoms with Gasteiger partial charge in [-0.05, 0) is 57.8 Å². The molecule has 0 aromatic rings. The van der Waals surface area contributed by atoms with Crippen LogP contribution >= 0.6 is 0 Å². The van der Waals surface area contributed by atoms with Gasteiger partial charge in [-0.2, -0.15) is 0 Å². The number of hydrogen-bond acceptors (Lipinski definition) is 8. The third-order valence-corrected chi connectivity index (χ3v) is 16.9. The van der Waals surface area contributed by atoms with Crippen molar-refractivity contribution in [1.29, 1.82) is 0 Å². The number of aliphatic hydroxyl groups excluding tert-OH is 5. The average Bonchev–Trinajstić information content (AvgIpc) is 3.46. The lowest BCUT2D eigenvalue weighted by molar-refractivity contribution is -0.302. The second-order valence-corrected chi connectivity index (χ2v) is 24.7. The molecule has 1 heterocycles. The number of rotatable bonds is 62. The van der Waals surface area contributed by atoms with Gasteiger partial charge in [0, 0.05) is 6.42 Å². The van der Waals surface area contributed by atoms with E-state index < -0.39 is 49.5 Å². The molecule has 7 unspecified atom stereocenters. The van der Waals surface area contributed by atoms with Gasteiger partial charge in [0.2, 0.25) is 5.91 Å². The van der Waals surface area contributed by atoms with Crippen molar-refractivity contribution in [2.24, 2.45) is 0 Å². The summed E-state index contributed by atoms with van der Waals surface area (Å²) in [7, 11) is 0. The Morgan fingerprint density at radius 3 is 1.05 bits per heavy atom. The van der Waals surface area contributed by atoms with Gasteiger partial charge in [0.1, 0.15) is 24.4 Å². The summed E-state index contributed by atoms with van der Waals surface area (Å²) in [5.41, 5.74) is 0. The third kappa shape index (κ3) is 48.7. The molecule has 7 atom stereocenters. The second kappa shape index (κ2) is 60.5. The number of carbonyl (C=O) groups excluding carboxylic acids is 1. The van der Waals surface area contributed by atoms with E-state index in [4.69, 9.17) is 9.47 Å². The van der Waals surface area contributed by atoms with Gasteiger partial charge in [-0.1, -0.05) is 326 Å². The maximum Gasteiger partial charge on any atom is 0.220 e. The first-order valence-electron chi connectivity index (χ1n) is 35.2. The molecule has 1 amide bonds. The molecule has 0 saturated carbocycles. The summed E-state index contributed by atoms with van der Waals surface area (Å²) in [6.07, 6.45) is 74.0. The maximum atomic E-state index is 13.1. The summed E-state index contributed by atoms with van der Waals surface area (Å²) in [5, 5.41) is 54.7. The van der Waals surface area contributed by atoms with Crippen LogP contribution in [0.1, 0.15) is 354 Å². The summed E-state index contributed by atoms with van der Waals surface area (Å²) in [6, 6.07) is -0.822. The number of aliphatic hydroxyl groups is 5. The lowest BCUT2D eigenvalue weighted by Gasteiger charge is -2.40. The molecule has 0 bridgehead atoms. The number of unbranched alkanes of at least 4 members (excludes halogenated alkanes) is 48. The van der Waals surface area contributed by atoms with E-state index in [0.717, 1.165) is 38.5 Å². The monoisotopic (exact) mass is 1130 g/mol. The van der Waals surface area contributed by atoms with Crippen molar-refractivity contribution in [2.45, 2.75) is 397 Å². The molecule has 472 valence electrons. The summed E-state index contributed by atoms with van der Waals surface area (Å²) in [6.45, 7) is 3.82. The highest BCUT2D eigenvalue weighted by Crippen LogP contribution is 2.23. The Morgan fingerprint density at radius 1 is 0.412 bits per heavy atom. The van der Waals surface area contributed by atoms with Crippen molar-refractivity contribution < 1.29 is 39.8 Å². The van der Waals surface area contributed by atoms with Gasteiger partial charge in [0.25, 0.3) is 0 Å². The molecule has 9 heteroatoms. The van der Waals surface area contributed by atoms with Crippen molar-refractivity contribution in [1.82, 2.24) is 5.32 Å². The molecule has 0 aromatic heterocycles. The quantitative estimate of drug-likeness (QED) is 0.0261. The lowest BCUT2D eigenvalue weighted by Crippen LogP contribution is -2.60. The summed E-state index contributed by atoms with van der Waals surface area (Å²) in [5.74, 6) is -0.180. The van der Waals surface area contributed by atoms with Crippen LogP contribution in [0.5, 0.6) is 0 Å². The van der Waals surface area contributed by atoms with E-state index in [1.54, 1.807) is 6.08 Å². The molecular formula is C71H135NO8. The highest BCUT2D eigenvalue weighted by molar-refractivity contribution is 5.76. The maximum absolute atomic E-state index is 13.1. The first-order valence-corrected chi connectivity index (χ1v) is 35.2. The molecule has 80 heavy (non-hydrogen) atoms. The minimum Gasteiger partial charge on any atom is -0.394 e. The molecule has 1 aliphatic rings. The predicted molar refractivity (Wildman–Crippen MR) is 341 cm³/mol. The summed E-state index contributed by atoms with van der Waals surface area (Å²) >= 11 is 0. The van der Waals surface area contributed by atoms with Gasteiger partial charge in [-0.25, -0.2) is 0 Å². The lowest BCUT2D eigenvalue weighted by atomic mass is 9.99. The molecule has 0 aromatic carbocycles. The van der Waals surface area contributed by atoms with Gasteiger partial charge in [-0.3, -0.25) is 4.79 Å². The largest absolute Gasteiger partial charge is 0.394 e. The zero-order chi connectivity index (χ0) is 57.9. The number of amides is 1. The first-order chi connectivity index (χ1) is 39.3. The van der Waals surface area contributed by atoms with Crippen molar-refractivity contribution >= 4 is 5.91 Å². The molecular weight excluding hydrogens is 995 g/mol. The van der Waals surface area contributed by atoms with Gasteiger partial charge >= 0.3 is 0 Å². The SMILES string of the molecule is CCCCCCCCCCCCCC/C=C\CCCCCCCCCCCCCCCCCCCC(=O)NC(COC1OC(CO)C(O)C(O)C1O)C(O)/C=C/CC/C=C/CCCCCCCCCCCCCCCCCCCC. The molecule has 1 saturated heterocycles. The molecule has 6 N–H and O–H groups in total. The Kier molecular flexibility index (Phi) is 57.8. The van der Waals surface area contributed by atoms with Crippen LogP contribution in [0.25, 0.3) is 0 Å². The average molecular weight is 1130 g/mol. The normalized spacial score (nSPS) is 18.6. The summed E-state index contributed by atoms with van der Waals surface area (Å²) < 4.78 is 11.3. The molecule has 0 radical (unpaired) electrons. The topological polar surface area (TPSA) is 149 Å². The van der Waals surface area contributed by atoms with E-state index in [0.29, 0.717) is 6.42 Å². The highest BCUT2D eigenvalue weighted by Gasteiger charge is 2.44. The molecule has 0 aliphatic carbocycles. The minimum absolute atomic E-state index is 0.180. The van der Waals surface area contributed by atoms with E-state index in [1.807, 2.05) is 6.08 Å². The number of allylic oxidation sites excluding steroid dienone is 5. The Hall–Kier alpha value is -1.59. The molecule has 1 rings (SSSR count). The standard InChI is InChI=1S/C71H135NO8/c1-3-5-7-9-11-13-15-17-19-21-23-25-27-29-30-31-32-33-34-35-36-37-39-41-43-45-47-49-51-53-55-57-59-61-67(75)72-64(63-79-71-70(78)69(77)68(76)66(62-73)80-71)65(74)60-58-56-54-52-50-48-46-44-42-40-38-28-26-24-22-20-18-16-14-12-10-8-6-4-2/h29-30,50,52,58,60,64-66,68-71,73-74,76-78H,3-28,31-49,51,53-57,59,61-63H2,1-2H3,(H,72,75)/b30-29-,52-50+,60-58+. The van der Waals surface area contributed by atoms with E-state index in [2.05, 4.69) is 43.5 Å². The van der Waals surface area contributed by atoms with E-state index in [1.165, 1.54) is 295 Å². The Bertz CT molecular complexity index is 1360. The second-order valence-electron chi connectivity index (χ2n) is 24.7.